The van der Waals surface area contributed by atoms with E-state index in [-0.39, 0.29) is 0 Å². The lowest BCUT2D eigenvalue weighted by Crippen LogP contribution is -2.11. The van der Waals surface area contributed by atoms with Crippen LogP contribution in [0.5, 0.6) is 0 Å². The first kappa shape index (κ1) is 8.94. The Kier molecular flexibility index (Phi) is 4.28. The Balaban J connectivity index is 4.27. The number of hydrogen-bond donors (Lipinski definition) is 2. The van der Waals surface area contributed by atoms with Gasteiger partial charge in [0, 0.05) is 0 Å². The van der Waals surface area contributed by atoms with Crippen LogP contribution < -0.4 is 0 Å². The molecule has 58 valence electrons. The van der Waals surface area contributed by atoms with Crippen LogP contribution in [0.2, 0.25) is 0 Å². The van der Waals surface area contributed by atoms with Gasteiger partial charge in [-0.3, -0.25) is 0 Å². The summed E-state index contributed by atoms with van der Waals surface area (Å²) in [6, 6.07) is 0. The third kappa shape index (κ3) is 2.05. The van der Waals surface area contributed by atoms with Crippen LogP contribution in [0, 0.1) is 0 Å². The monoisotopic (exact) mass is 144 g/mol. The van der Waals surface area contributed by atoms with Gasteiger partial charge in [0.1, 0.15) is 11.4 Å². The van der Waals surface area contributed by atoms with Crippen molar-refractivity contribution >= 4 is 11.4 Å². The molecule has 0 aromatic heterocycles. The molecule has 0 heterocycles. The summed E-state index contributed by atoms with van der Waals surface area (Å²) in [4.78, 5) is 0. The van der Waals surface area contributed by atoms with Gasteiger partial charge in [-0.1, -0.05) is 24.2 Å². The molecule has 0 fully saturated rings. The van der Waals surface area contributed by atoms with Gasteiger partial charge in [-0.25, -0.2) is 0 Å². The lowest BCUT2D eigenvalue weighted by molar-refractivity contribution is 0.312. The first-order valence-corrected chi connectivity index (χ1v) is 3.22. The van der Waals surface area contributed by atoms with Crippen LogP contribution in [0.4, 0.5) is 0 Å². The van der Waals surface area contributed by atoms with Gasteiger partial charge in [0.15, 0.2) is 0 Å². The van der Waals surface area contributed by atoms with Crippen molar-refractivity contribution in [2.45, 2.75) is 26.7 Å². The summed E-state index contributed by atoms with van der Waals surface area (Å²) in [7, 11) is 0. The third-order valence-electron chi connectivity index (χ3n) is 1.24. The molecular weight excluding hydrogens is 132 g/mol. The highest BCUT2D eigenvalue weighted by Crippen LogP contribution is 1.93. The van der Waals surface area contributed by atoms with Gasteiger partial charge in [-0.05, 0) is 12.8 Å². The molecule has 0 aliphatic heterocycles. The van der Waals surface area contributed by atoms with E-state index >= 15 is 0 Å². The van der Waals surface area contributed by atoms with Crippen LogP contribution in [0.1, 0.15) is 26.7 Å². The largest absolute Gasteiger partial charge is 0.411 e. The SMILES string of the molecule is CCC(=NO)C(CC)=NO. The van der Waals surface area contributed by atoms with Crippen molar-refractivity contribution in [3.63, 3.8) is 0 Å². The molecule has 0 amide bonds. The smallest absolute Gasteiger partial charge is 0.104 e. The Bertz CT molecular complexity index is 134. The maximum Gasteiger partial charge on any atom is 0.104 e. The Hall–Kier alpha value is -1.06. The maximum absolute atomic E-state index is 8.35. The molecule has 10 heavy (non-hydrogen) atoms. The molecule has 0 aromatic carbocycles. The Morgan fingerprint density at radius 1 is 1.00 bits per heavy atom. The standard InChI is InChI=1S/C6H12N2O2/c1-3-5(7-9)6(4-2)8-10/h9-10H,3-4H2,1-2H3. The average Bonchev–Trinajstić information content (AvgIpc) is 2.00. The zero-order chi connectivity index (χ0) is 7.98. The second-order valence-electron chi connectivity index (χ2n) is 1.80. The highest BCUT2D eigenvalue weighted by atomic mass is 16.4. The topological polar surface area (TPSA) is 65.2 Å². The molecule has 0 saturated carbocycles. The van der Waals surface area contributed by atoms with Crippen molar-refractivity contribution in [3.05, 3.63) is 0 Å². The summed E-state index contributed by atoms with van der Waals surface area (Å²) >= 11 is 0. The van der Waals surface area contributed by atoms with Gasteiger partial charge in [0.05, 0.1) is 0 Å². The minimum Gasteiger partial charge on any atom is -0.411 e. The molecule has 0 atom stereocenters. The minimum absolute atomic E-state index is 0.435. The Labute approximate surface area is 59.9 Å². The summed E-state index contributed by atoms with van der Waals surface area (Å²) in [5.41, 5.74) is 0.870. The van der Waals surface area contributed by atoms with Crippen LogP contribution in [0.25, 0.3) is 0 Å². The number of oxime groups is 2. The number of nitrogens with zero attached hydrogens (tertiary/aromatic N) is 2. The normalized spacial score (nSPS) is 13.8. The summed E-state index contributed by atoms with van der Waals surface area (Å²) in [6.07, 6.45) is 1.15. The van der Waals surface area contributed by atoms with E-state index in [1.165, 1.54) is 0 Å². The van der Waals surface area contributed by atoms with E-state index in [9.17, 15) is 0 Å². The second-order valence-corrected chi connectivity index (χ2v) is 1.80. The van der Waals surface area contributed by atoms with Crippen molar-refractivity contribution in [2.75, 3.05) is 0 Å². The fourth-order valence-electron chi connectivity index (χ4n) is 0.665. The molecule has 0 aliphatic carbocycles. The first-order valence-electron chi connectivity index (χ1n) is 3.22. The number of rotatable bonds is 3. The predicted molar refractivity (Wildman–Crippen MR) is 39.0 cm³/mol. The predicted octanol–water partition coefficient (Wildman–Crippen LogP) is 1.47. The molecule has 0 spiro atoms. The van der Waals surface area contributed by atoms with Crippen LogP contribution >= 0.6 is 0 Å². The summed E-state index contributed by atoms with van der Waals surface area (Å²) in [5.74, 6) is 0. The molecule has 2 N–H and O–H groups in total. The van der Waals surface area contributed by atoms with Gasteiger partial charge in [-0.15, -0.1) is 0 Å². The van der Waals surface area contributed by atoms with E-state index in [1.807, 2.05) is 13.8 Å². The van der Waals surface area contributed by atoms with Crippen LogP contribution in [-0.2, 0) is 0 Å². The second kappa shape index (κ2) is 4.78. The molecule has 0 saturated heterocycles. The minimum atomic E-state index is 0.435. The van der Waals surface area contributed by atoms with E-state index in [2.05, 4.69) is 10.3 Å². The zero-order valence-electron chi connectivity index (χ0n) is 6.20. The summed E-state index contributed by atoms with van der Waals surface area (Å²) in [5, 5.41) is 22.7. The molecule has 4 heteroatoms. The van der Waals surface area contributed by atoms with Crippen molar-refractivity contribution in [3.8, 4) is 0 Å². The van der Waals surface area contributed by atoms with Gasteiger partial charge < -0.3 is 10.4 Å². The highest BCUT2D eigenvalue weighted by Gasteiger charge is 2.04. The van der Waals surface area contributed by atoms with Gasteiger partial charge in [-0.2, -0.15) is 0 Å². The molecule has 0 aromatic rings. The lowest BCUT2D eigenvalue weighted by Gasteiger charge is -1.98. The zero-order valence-corrected chi connectivity index (χ0v) is 6.20. The van der Waals surface area contributed by atoms with Gasteiger partial charge in [0.2, 0.25) is 0 Å². The van der Waals surface area contributed by atoms with Gasteiger partial charge in [0.25, 0.3) is 0 Å². The Morgan fingerprint density at radius 3 is 1.40 bits per heavy atom. The van der Waals surface area contributed by atoms with Crippen LogP contribution in [0.3, 0.4) is 0 Å². The van der Waals surface area contributed by atoms with Crippen LogP contribution in [-0.4, -0.2) is 21.8 Å². The van der Waals surface area contributed by atoms with Crippen LogP contribution in [0.15, 0.2) is 10.3 Å². The number of hydrogen-bond acceptors (Lipinski definition) is 4. The fraction of sp³-hybridized carbons (Fsp3) is 0.667. The van der Waals surface area contributed by atoms with E-state index in [1.54, 1.807) is 0 Å². The average molecular weight is 144 g/mol. The molecule has 0 rings (SSSR count). The van der Waals surface area contributed by atoms with Crippen molar-refractivity contribution in [1.29, 1.82) is 0 Å². The molecule has 4 nitrogen and oxygen atoms in total. The molecule has 0 radical (unpaired) electrons. The Morgan fingerprint density at radius 2 is 1.30 bits per heavy atom. The molecule has 0 bridgehead atoms. The fourth-order valence-corrected chi connectivity index (χ4v) is 0.665. The van der Waals surface area contributed by atoms with E-state index < -0.39 is 0 Å². The first-order chi connectivity index (χ1) is 4.79. The van der Waals surface area contributed by atoms with Gasteiger partial charge >= 0.3 is 0 Å². The highest BCUT2D eigenvalue weighted by molar-refractivity contribution is 6.41. The van der Waals surface area contributed by atoms with Crippen molar-refractivity contribution < 1.29 is 10.4 Å². The third-order valence-corrected chi connectivity index (χ3v) is 1.24. The van der Waals surface area contributed by atoms with Crippen molar-refractivity contribution in [1.82, 2.24) is 0 Å². The quantitative estimate of drug-likeness (QED) is 0.358. The maximum atomic E-state index is 8.35. The summed E-state index contributed by atoms with van der Waals surface area (Å²) in [6.45, 7) is 3.66. The van der Waals surface area contributed by atoms with E-state index in [0.717, 1.165) is 0 Å². The van der Waals surface area contributed by atoms with E-state index in [0.29, 0.717) is 24.3 Å². The lowest BCUT2D eigenvalue weighted by atomic mass is 10.1. The van der Waals surface area contributed by atoms with E-state index in [4.69, 9.17) is 10.4 Å². The van der Waals surface area contributed by atoms with Crippen molar-refractivity contribution in [2.24, 2.45) is 10.3 Å². The molecule has 0 aliphatic rings. The summed E-state index contributed by atoms with van der Waals surface area (Å²) < 4.78 is 0. The molecular formula is C6H12N2O2. The molecule has 0 unspecified atom stereocenters.